The lowest BCUT2D eigenvalue weighted by Crippen LogP contribution is -2.19. The van der Waals surface area contributed by atoms with Crippen molar-refractivity contribution in [1.82, 2.24) is 15.2 Å². The van der Waals surface area contributed by atoms with Gasteiger partial charge in [0.2, 0.25) is 5.95 Å². The summed E-state index contributed by atoms with van der Waals surface area (Å²) in [7, 11) is 0. The van der Waals surface area contributed by atoms with Gasteiger partial charge in [-0.1, -0.05) is 25.7 Å². The lowest BCUT2D eigenvalue weighted by atomic mass is 10.1. The van der Waals surface area contributed by atoms with Gasteiger partial charge in [0.15, 0.2) is 5.82 Å². The van der Waals surface area contributed by atoms with Crippen LogP contribution in [0.4, 0.5) is 30.6 Å². The van der Waals surface area contributed by atoms with Crippen LogP contribution in [0.2, 0.25) is 0 Å². The van der Waals surface area contributed by atoms with Crippen LogP contribution in [0.5, 0.6) is 0 Å². The van der Waals surface area contributed by atoms with Crippen molar-refractivity contribution in [2.75, 3.05) is 10.6 Å². The first-order valence-corrected chi connectivity index (χ1v) is 8.41. The van der Waals surface area contributed by atoms with E-state index in [9.17, 15) is 13.2 Å². The van der Waals surface area contributed by atoms with E-state index in [1.54, 1.807) is 6.20 Å². The van der Waals surface area contributed by atoms with Crippen molar-refractivity contribution in [2.45, 2.75) is 50.7 Å². The molecule has 1 aromatic carbocycles. The maximum Gasteiger partial charge on any atom is 0.416 e. The molecule has 25 heavy (non-hydrogen) atoms. The van der Waals surface area contributed by atoms with Gasteiger partial charge in [0.1, 0.15) is 0 Å². The second kappa shape index (κ2) is 7.67. The largest absolute Gasteiger partial charge is 0.416 e. The number of rotatable bonds is 4. The minimum atomic E-state index is -4.35. The zero-order valence-electron chi connectivity index (χ0n) is 13.7. The number of hydrogen-bond donors (Lipinski definition) is 2. The average Bonchev–Trinajstić information content (AvgIpc) is 2.83. The summed E-state index contributed by atoms with van der Waals surface area (Å²) in [6.07, 6.45) is 4.35. The molecule has 0 saturated heterocycles. The zero-order valence-corrected chi connectivity index (χ0v) is 13.7. The Morgan fingerprint density at radius 1 is 0.960 bits per heavy atom. The standard InChI is InChI=1S/C17H20F3N5/c18-17(19,20)12-7-9-14(10-8-12)23-16-24-15(11-21-25-16)22-13-5-3-1-2-4-6-13/h7-11,13H,1-6H2,(H2,22,23,24,25). The van der Waals surface area contributed by atoms with Crippen LogP contribution >= 0.6 is 0 Å². The Balaban J connectivity index is 1.65. The molecular weight excluding hydrogens is 331 g/mol. The molecule has 8 heteroatoms. The Hall–Kier alpha value is -2.38. The number of alkyl halides is 3. The monoisotopic (exact) mass is 351 g/mol. The third-order valence-corrected chi connectivity index (χ3v) is 4.23. The Morgan fingerprint density at radius 3 is 2.28 bits per heavy atom. The summed E-state index contributed by atoms with van der Waals surface area (Å²) in [5.74, 6) is 0.870. The summed E-state index contributed by atoms with van der Waals surface area (Å²) >= 11 is 0. The summed E-state index contributed by atoms with van der Waals surface area (Å²) in [5.41, 5.74) is -0.220. The van der Waals surface area contributed by atoms with E-state index in [-0.39, 0.29) is 5.95 Å². The smallest absolute Gasteiger partial charge is 0.366 e. The molecule has 2 N–H and O–H groups in total. The lowest BCUT2D eigenvalue weighted by molar-refractivity contribution is -0.137. The molecule has 0 spiro atoms. The predicted molar refractivity (Wildman–Crippen MR) is 89.7 cm³/mol. The molecule has 0 atom stereocenters. The quantitative estimate of drug-likeness (QED) is 0.777. The van der Waals surface area contributed by atoms with Crippen molar-refractivity contribution in [3.05, 3.63) is 36.0 Å². The third-order valence-electron chi connectivity index (χ3n) is 4.23. The van der Waals surface area contributed by atoms with E-state index in [4.69, 9.17) is 0 Å². The fourth-order valence-corrected chi connectivity index (χ4v) is 2.93. The van der Waals surface area contributed by atoms with Gasteiger partial charge in [0, 0.05) is 11.7 Å². The van der Waals surface area contributed by atoms with Crippen molar-refractivity contribution < 1.29 is 13.2 Å². The fraction of sp³-hybridized carbons (Fsp3) is 0.471. The van der Waals surface area contributed by atoms with E-state index in [0.717, 1.165) is 25.0 Å². The second-order valence-electron chi connectivity index (χ2n) is 6.20. The molecule has 1 aromatic heterocycles. The highest BCUT2D eigenvalue weighted by atomic mass is 19.4. The fourth-order valence-electron chi connectivity index (χ4n) is 2.93. The van der Waals surface area contributed by atoms with Crippen LogP contribution in [-0.2, 0) is 6.18 Å². The van der Waals surface area contributed by atoms with Gasteiger partial charge < -0.3 is 10.6 Å². The van der Waals surface area contributed by atoms with Gasteiger partial charge >= 0.3 is 6.18 Å². The molecular formula is C17H20F3N5. The number of hydrogen-bond acceptors (Lipinski definition) is 5. The Kier molecular flexibility index (Phi) is 5.35. The Morgan fingerprint density at radius 2 is 1.64 bits per heavy atom. The molecule has 1 heterocycles. The van der Waals surface area contributed by atoms with Crippen molar-refractivity contribution in [1.29, 1.82) is 0 Å². The SMILES string of the molecule is FC(F)(F)c1ccc(Nc2nncc(NC3CCCCCC3)n2)cc1. The maximum absolute atomic E-state index is 12.6. The highest BCUT2D eigenvalue weighted by Crippen LogP contribution is 2.30. The Bertz CT molecular complexity index is 679. The number of anilines is 3. The second-order valence-corrected chi connectivity index (χ2v) is 6.20. The first-order valence-electron chi connectivity index (χ1n) is 8.41. The summed E-state index contributed by atoms with van der Waals surface area (Å²) in [5, 5.41) is 14.0. The van der Waals surface area contributed by atoms with Crippen LogP contribution in [0.1, 0.15) is 44.1 Å². The van der Waals surface area contributed by atoms with Gasteiger partial charge in [-0.15, -0.1) is 5.10 Å². The van der Waals surface area contributed by atoms with Crippen molar-refractivity contribution in [3.8, 4) is 0 Å². The van der Waals surface area contributed by atoms with Gasteiger partial charge in [0.25, 0.3) is 0 Å². The molecule has 0 bridgehead atoms. The molecule has 1 aliphatic carbocycles. The van der Waals surface area contributed by atoms with Gasteiger partial charge in [-0.3, -0.25) is 0 Å². The summed E-state index contributed by atoms with van der Waals surface area (Å²) in [4.78, 5) is 4.35. The molecule has 0 amide bonds. The molecule has 1 saturated carbocycles. The summed E-state index contributed by atoms with van der Waals surface area (Å²) in [6.45, 7) is 0. The zero-order chi connectivity index (χ0) is 17.7. The molecule has 1 aliphatic rings. The molecule has 0 radical (unpaired) electrons. The molecule has 134 valence electrons. The van der Waals surface area contributed by atoms with Crippen molar-refractivity contribution in [2.24, 2.45) is 0 Å². The van der Waals surface area contributed by atoms with Crippen molar-refractivity contribution >= 4 is 17.5 Å². The first-order chi connectivity index (χ1) is 12.0. The van der Waals surface area contributed by atoms with E-state index in [1.807, 2.05) is 0 Å². The third kappa shape index (κ3) is 5.04. The van der Waals surface area contributed by atoms with Gasteiger partial charge in [-0.05, 0) is 37.1 Å². The Labute approximate surface area is 144 Å². The normalized spacial score (nSPS) is 16.3. The van der Waals surface area contributed by atoms with Crippen molar-refractivity contribution in [3.63, 3.8) is 0 Å². The number of nitrogens with zero attached hydrogens (tertiary/aromatic N) is 3. The number of aromatic nitrogens is 3. The van der Waals surface area contributed by atoms with Crippen LogP contribution in [0, 0.1) is 0 Å². The van der Waals surface area contributed by atoms with Crippen LogP contribution in [0.15, 0.2) is 30.5 Å². The lowest BCUT2D eigenvalue weighted by Gasteiger charge is -2.16. The van der Waals surface area contributed by atoms with E-state index < -0.39 is 11.7 Å². The molecule has 3 rings (SSSR count). The van der Waals surface area contributed by atoms with Gasteiger partial charge in [0.05, 0.1) is 11.8 Å². The van der Waals surface area contributed by atoms with E-state index in [1.165, 1.54) is 37.8 Å². The molecule has 0 aliphatic heterocycles. The van der Waals surface area contributed by atoms with Crippen LogP contribution in [0.25, 0.3) is 0 Å². The van der Waals surface area contributed by atoms with Crippen LogP contribution in [-0.4, -0.2) is 21.2 Å². The van der Waals surface area contributed by atoms with Crippen LogP contribution in [0.3, 0.4) is 0 Å². The van der Waals surface area contributed by atoms with E-state index in [0.29, 0.717) is 17.5 Å². The minimum Gasteiger partial charge on any atom is -0.366 e. The highest BCUT2D eigenvalue weighted by molar-refractivity contribution is 5.54. The number of halogens is 3. The average molecular weight is 351 g/mol. The minimum absolute atomic E-state index is 0.249. The molecule has 5 nitrogen and oxygen atoms in total. The predicted octanol–water partition coefficient (Wildman–Crippen LogP) is 4.77. The van der Waals surface area contributed by atoms with E-state index in [2.05, 4.69) is 25.8 Å². The van der Waals surface area contributed by atoms with Gasteiger partial charge in [-0.25, -0.2) is 0 Å². The topological polar surface area (TPSA) is 62.7 Å². The molecule has 2 aromatic rings. The van der Waals surface area contributed by atoms with Crippen LogP contribution < -0.4 is 10.6 Å². The number of nitrogens with one attached hydrogen (secondary N) is 2. The first kappa shape index (κ1) is 17.4. The maximum atomic E-state index is 12.6. The summed E-state index contributed by atoms with van der Waals surface area (Å²) < 4.78 is 37.8. The highest BCUT2D eigenvalue weighted by Gasteiger charge is 2.29. The summed E-state index contributed by atoms with van der Waals surface area (Å²) in [6, 6.07) is 5.10. The number of benzene rings is 1. The van der Waals surface area contributed by atoms with E-state index >= 15 is 0 Å². The van der Waals surface area contributed by atoms with Gasteiger partial charge in [-0.2, -0.15) is 23.3 Å². The molecule has 1 fully saturated rings. The molecule has 0 unspecified atom stereocenters.